The second-order valence-electron chi connectivity index (χ2n) is 8.39. The van der Waals surface area contributed by atoms with Crippen LogP contribution in [0.3, 0.4) is 0 Å². The summed E-state index contributed by atoms with van der Waals surface area (Å²) in [6, 6.07) is 1.49. The number of nitrogens with one attached hydrogen (secondary N) is 1. The molecule has 2 rings (SSSR count). The summed E-state index contributed by atoms with van der Waals surface area (Å²) in [5.74, 6) is 4.30. The van der Waals surface area contributed by atoms with Gasteiger partial charge in [0.05, 0.1) is 0 Å². The number of likely N-dealkylation sites (tertiary alicyclic amines) is 1. The van der Waals surface area contributed by atoms with Gasteiger partial charge in [-0.15, -0.1) is 0 Å². The smallest absolute Gasteiger partial charge is 0.0112 e. The molecule has 1 heterocycles. The summed E-state index contributed by atoms with van der Waals surface area (Å²) >= 11 is 0. The highest BCUT2D eigenvalue weighted by atomic mass is 15.2. The molecule has 2 heteroatoms. The molecule has 0 spiro atoms. The monoisotopic (exact) mass is 294 g/mol. The molecule has 124 valence electrons. The third-order valence-electron chi connectivity index (χ3n) is 6.31. The molecule has 0 aromatic rings. The van der Waals surface area contributed by atoms with Gasteiger partial charge >= 0.3 is 0 Å². The molecule has 1 saturated carbocycles. The van der Waals surface area contributed by atoms with E-state index in [-0.39, 0.29) is 0 Å². The maximum absolute atomic E-state index is 3.80. The molecule has 2 nitrogen and oxygen atoms in total. The summed E-state index contributed by atoms with van der Waals surface area (Å²) in [5.41, 5.74) is 0. The van der Waals surface area contributed by atoms with E-state index in [4.69, 9.17) is 0 Å². The summed E-state index contributed by atoms with van der Waals surface area (Å²) in [6.07, 6.45) is 4.20. The molecular formula is C19H38N2. The van der Waals surface area contributed by atoms with Crippen molar-refractivity contribution in [2.45, 2.75) is 72.9 Å². The van der Waals surface area contributed by atoms with Crippen LogP contribution in [0.25, 0.3) is 0 Å². The molecule has 7 unspecified atom stereocenters. The minimum Gasteiger partial charge on any atom is -0.314 e. The van der Waals surface area contributed by atoms with Gasteiger partial charge in [0, 0.05) is 25.2 Å². The largest absolute Gasteiger partial charge is 0.314 e. The van der Waals surface area contributed by atoms with Gasteiger partial charge in [0.15, 0.2) is 0 Å². The van der Waals surface area contributed by atoms with Crippen molar-refractivity contribution in [3.8, 4) is 0 Å². The van der Waals surface area contributed by atoms with Gasteiger partial charge < -0.3 is 5.32 Å². The minimum atomic E-state index is 0.730. The molecule has 21 heavy (non-hydrogen) atoms. The first-order chi connectivity index (χ1) is 9.92. The normalized spacial score (nSPS) is 45.7. The lowest BCUT2D eigenvalue weighted by Crippen LogP contribution is -2.53. The molecule has 2 fully saturated rings. The Morgan fingerprint density at radius 3 is 2.24 bits per heavy atom. The van der Waals surface area contributed by atoms with Gasteiger partial charge in [-0.3, -0.25) is 4.90 Å². The van der Waals surface area contributed by atoms with Gasteiger partial charge in [0.25, 0.3) is 0 Å². The summed E-state index contributed by atoms with van der Waals surface area (Å²) in [4.78, 5) is 2.81. The van der Waals surface area contributed by atoms with E-state index in [1.165, 1.54) is 32.4 Å². The maximum atomic E-state index is 3.80. The van der Waals surface area contributed by atoms with E-state index < -0.39 is 0 Å². The second-order valence-corrected chi connectivity index (χ2v) is 8.39. The van der Waals surface area contributed by atoms with Crippen molar-refractivity contribution in [1.82, 2.24) is 10.2 Å². The molecular weight excluding hydrogens is 256 g/mol. The van der Waals surface area contributed by atoms with Crippen LogP contribution in [0, 0.1) is 29.6 Å². The predicted molar refractivity (Wildman–Crippen MR) is 92.5 cm³/mol. The van der Waals surface area contributed by atoms with Crippen LogP contribution >= 0.6 is 0 Å². The quantitative estimate of drug-likeness (QED) is 0.842. The fraction of sp³-hybridized carbons (Fsp3) is 1.00. The van der Waals surface area contributed by atoms with Crippen molar-refractivity contribution in [1.29, 1.82) is 0 Å². The first-order valence-electron chi connectivity index (χ1n) is 9.39. The van der Waals surface area contributed by atoms with Gasteiger partial charge in [-0.05, 0) is 62.3 Å². The van der Waals surface area contributed by atoms with Crippen LogP contribution in [0.4, 0.5) is 0 Å². The van der Waals surface area contributed by atoms with Gasteiger partial charge in [-0.2, -0.15) is 0 Å². The van der Waals surface area contributed by atoms with E-state index in [2.05, 4.69) is 51.8 Å². The minimum absolute atomic E-state index is 0.730. The number of piperidine rings is 1. The van der Waals surface area contributed by atoms with Crippen LogP contribution in [-0.2, 0) is 0 Å². The maximum Gasteiger partial charge on any atom is 0.0112 e. The number of hydrogen-bond acceptors (Lipinski definition) is 2. The van der Waals surface area contributed by atoms with Crippen molar-refractivity contribution < 1.29 is 0 Å². The fourth-order valence-corrected chi connectivity index (χ4v) is 5.06. The Morgan fingerprint density at radius 1 is 0.905 bits per heavy atom. The third-order valence-corrected chi connectivity index (χ3v) is 6.31. The highest BCUT2D eigenvalue weighted by Gasteiger charge is 2.37. The Kier molecular flexibility index (Phi) is 6.14. The van der Waals surface area contributed by atoms with Crippen molar-refractivity contribution in [2.24, 2.45) is 29.6 Å². The summed E-state index contributed by atoms with van der Waals surface area (Å²) < 4.78 is 0. The van der Waals surface area contributed by atoms with Crippen molar-refractivity contribution in [2.75, 3.05) is 19.6 Å². The molecule has 0 aromatic carbocycles. The molecule has 1 aliphatic carbocycles. The van der Waals surface area contributed by atoms with Crippen LogP contribution in [0.5, 0.6) is 0 Å². The molecule has 7 atom stereocenters. The molecule has 0 amide bonds. The Morgan fingerprint density at radius 2 is 1.57 bits per heavy atom. The van der Waals surface area contributed by atoms with Gasteiger partial charge in [0.2, 0.25) is 0 Å². The van der Waals surface area contributed by atoms with E-state index in [9.17, 15) is 0 Å². The van der Waals surface area contributed by atoms with Crippen molar-refractivity contribution >= 4 is 0 Å². The Bertz CT molecular complexity index is 317. The highest BCUT2D eigenvalue weighted by Crippen LogP contribution is 2.36. The Hall–Kier alpha value is -0.0800. The predicted octanol–water partition coefficient (Wildman–Crippen LogP) is 4.01. The summed E-state index contributed by atoms with van der Waals surface area (Å²) in [5, 5.41) is 3.80. The van der Waals surface area contributed by atoms with Crippen molar-refractivity contribution in [3.63, 3.8) is 0 Å². The van der Waals surface area contributed by atoms with Crippen LogP contribution in [0.1, 0.15) is 60.8 Å². The van der Waals surface area contributed by atoms with Crippen LogP contribution in [0.2, 0.25) is 0 Å². The molecule has 0 aromatic heterocycles. The lowest BCUT2D eigenvalue weighted by molar-refractivity contribution is 0.0304. The number of nitrogens with zero attached hydrogens (tertiary/aromatic N) is 1. The zero-order valence-corrected chi connectivity index (χ0v) is 15.2. The Balaban J connectivity index is 2.03. The summed E-state index contributed by atoms with van der Waals surface area (Å²) in [7, 11) is 0. The van der Waals surface area contributed by atoms with E-state index >= 15 is 0 Å². The first kappa shape index (κ1) is 17.3. The van der Waals surface area contributed by atoms with Gasteiger partial charge in [-0.1, -0.05) is 34.6 Å². The molecule has 1 aliphatic heterocycles. The van der Waals surface area contributed by atoms with Gasteiger partial charge in [-0.25, -0.2) is 0 Å². The third kappa shape index (κ3) is 4.22. The molecule has 0 radical (unpaired) electrons. The topological polar surface area (TPSA) is 15.3 Å². The Labute approximate surface area is 133 Å². The SMILES string of the molecule is CCNC1CC(C)CC(C)C1CN1CC(C)CC(C)C1C. The standard InChI is InChI=1S/C19H38N2/c1-7-20-19-10-13(2)8-16(5)18(19)12-21-11-14(3)9-15(4)17(21)6/h13-20H,7-12H2,1-6H3. The zero-order chi connectivity index (χ0) is 15.6. The average molecular weight is 295 g/mol. The van der Waals surface area contributed by atoms with Gasteiger partial charge in [0.1, 0.15) is 0 Å². The summed E-state index contributed by atoms with van der Waals surface area (Å²) in [6.45, 7) is 18.2. The number of rotatable bonds is 4. The lowest BCUT2D eigenvalue weighted by Gasteiger charge is -2.47. The zero-order valence-electron chi connectivity index (χ0n) is 15.2. The first-order valence-corrected chi connectivity index (χ1v) is 9.39. The van der Waals surface area contributed by atoms with Crippen molar-refractivity contribution in [3.05, 3.63) is 0 Å². The number of hydrogen-bond donors (Lipinski definition) is 1. The van der Waals surface area contributed by atoms with E-state index in [0.29, 0.717) is 0 Å². The molecule has 0 bridgehead atoms. The van der Waals surface area contributed by atoms with Crippen LogP contribution in [-0.4, -0.2) is 36.6 Å². The average Bonchev–Trinajstić information content (AvgIpc) is 2.39. The van der Waals surface area contributed by atoms with E-state index in [0.717, 1.165) is 48.2 Å². The van der Waals surface area contributed by atoms with Crippen LogP contribution in [0.15, 0.2) is 0 Å². The molecule has 1 saturated heterocycles. The second kappa shape index (κ2) is 7.46. The van der Waals surface area contributed by atoms with E-state index in [1.54, 1.807) is 0 Å². The molecule has 2 aliphatic rings. The molecule has 1 N–H and O–H groups in total. The van der Waals surface area contributed by atoms with E-state index in [1.807, 2.05) is 0 Å². The lowest BCUT2D eigenvalue weighted by atomic mass is 9.71. The highest BCUT2D eigenvalue weighted by molar-refractivity contribution is 4.92. The van der Waals surface area contributed by atoms with Crippen LogP contribution < -0.4 is 5.32 Å². The fourth-order valence-electron chi connectivity index (χ4n) is 5.06.